The van der Waals surface area contributed by atoms with Crippen molar-refractivity contribution in [1.29, 1.82) is 0 Å². The van der Waals surface area contributed by atoms with Crippen LogP contribution >= 0.6 is 0 Å². The summed E-state index contributed by atoms with van der Waals surface area (Å²) in [5, 5.41) is 2.90. The van der Waals surface area contributed by atoms with Crippen LogP contribution in [0.2, 0.25) is 0 Å². The predicted molar refractivity (Wildman–Crippen MR) is 112 cm³/mol. The van der Waals surface area contributed by atoms with Gasteiger partial charge in [-0.25, -0.2) is 0 Å². The number of carbonyl (C=O) groups excluding carboxylic acids is 2. The smallest absolute Gasteiger partial charge is 0.356 e. The van der Waals surface area contributed by atoms with Crippen molar-refractivity contribution in [3.8, 4) is 0 Å². The van der Waals surface area contributed by atoms with E-state index >= 15 is 0 Å². The summed E-state index contributed by atoms with van der Waals surface area (Å²) in [6, 6.07) is 13.8. The molecule has 0 bridgehead atoms. The van der Waals surface area contributed by atoms with Gasteiger partial charge in [0.05, 0.1) is 11.5 Å². The van der Waals surface area contributed by atoms with E-state index in [0.29, 0.717) is 23.6 Å². The second-order valence-corrected chi connectivity index (χ2v) is 8.39. The van der Waals surface area contributed by atoms with Gasteiger partial charge < -0.3 is 10.2 Å². The zero-order valence-electron chi connectivity index (χ0n) is 17.7. The molecule has 0 aliphatic carbocycles. The lowest BCUT2D eigenvalue weighted by Gasteiger charge is -2.19. The van der Waals surface area contributed by atoms with Crippen molar-refractivity contribution in [3.63, 3.8) is 0 Å². The lowest BCUT2D eigenvalue weighted by molar-refractivity contribution is -0.137. The third-order valence-electron chi connectivity index (χ3n) is 5.63. The molecule has 1 saturated heterocycles. The predicted octanol–water partition coefficient (Wildman–Crippen LogP) is 4.72. The number of benzene rings is 2. The van der Waals surface area contributed by atoms with E-state index in [1.165, 1.54) is 6.07 Å². The lowest BCUT2D eigenvalue weighted by Crippen LogP contribution is -2.36. The monoisotopic (exact) mass is 432 g/mol. The zero-order valence-corrected chi connectivity index (χ0v) is 17.7. The van der Waals surface area contributed by atoms with Gasteiger partial charge in [0.2, 0.25) is 5.91 Å². The van der Waals surface area contributed by atoms with Gasteiger partial charge in [0.1, 0.15) is 0 Å². The van der Waals surface area contributed by atoms with Crippen LogP contribution in [0.25, 0.3) is 0 Å². The molecule has 1 aliphatic heterocycles. The van der Waals surface area contributed by atoms with Crippen molar-refractivity contribution < 1.29 is 22.8 Å². The Morgan fingerprint density at radius 1 is 1.06 bits per heavy atom. The quantitative estimate of drug-likeness (QED) is 0.718. The molecule has 7 heteroatoms. The van der Waals surface area contributed by atoms with Crippen molar-refractivity contribution in [2.24, 2.45) is 11.8 Å². The molecule has 1 N–H and O–H groups in total. The maximum absolute atomic E-state index is 13.2. The van der Waals surface area contributed by atoms with Crippen LogP contribution in [-0.2, 0) is 11.0 Å². The molecular formula is C24H27F3N2O2. The Labute approximate surface area is 180 Å². The number of likely N-dealkylation sites (tertiary alicyclic amines) is 1. The Bertz CT molecular complexity index is 913. The van der Waals surface area contributed by atoms with E-state index in [2.05, 4.69) is 5.32 Å². The summed E-state index contributed by atoms with van der Waals surface area (Å²) >= 11 is 0. The maximum atomic E-state index is 13.2. The molecule has 1 heterocycles. The standard InChI is InChI=1S/C24H27F3N2O2/c1-16(2)11-12-28-22(30)21-15-29(23(31)17-7-4-3-5-8-17)14-20(21)18-9-6-10-19(13-18)24(25,26)27/h3-10,13,16,20-21H,11-12,14-15H2,1-2H3,(H,28,30)/t20-,21-/m0/s1. The van der Waals surface area contributed by atoms with Crippen molar-refractivity contribution in [1.82, 2.24) is 10.2 Å². The van der Waals surface area contributed by atoms with Crippen LogP contribution in [-0.4, -0.2) is 36.3 Å². The summed E-state index contributed by atoms with van der Waals surface area (Å²) in [5.74, 6) is -1.15. The number of nitrogens with one attached hydrogen (secondary N) is 1. The van der Waals surface area contributed by atoms with Gasteiger partial charge in [-0.3, -0.25) is 9.59 Å². The van der Waals surface area contributed by atoms with Crippen molar-refractivity contribution >= 4 is 11.8 Å². The topological polar surface area (TPSA) is 49.4 Å². The summed E-state index contributed by atoms with van der Waals surface area (Å²) in [6.45, 7) is 4.95. The Kier molecular flexibility index (Phi) is 7.03. The number of rotatable bonds is 6. The third kappa shape index (κ3) is 5.66. The van der Waals surface area contributed by atoms with E-state index in [4.69, 9.17) is 0 Å². The first kappa shape index (κ1) is 22.8. The molecule has 1 aliphatic rings. The van der Waals surface area contributed by atoms with Crippen LogP contribution in [0.4, 0.5) is 13.2 Å². The first-order valence-corrected chi connectivity index (χ1v) is 10.5. The van der Waals surface area contributed by atoms with Gasteiger partial charge in [-0.15, -0.1) is 0 Å². The van der Waals surface area contributed by atoms with Crippen LogP contribution in [0.15, 0.2) is 54.6 Å². The molecule has 0 unspecified atom stereocenters. The number of alkyl halides is 3. The lowest BCUT2D eigenvalue weighted by atomic mass is 9.87. The molecule has 0 saturated carbocycles. The Hall–Kier alpha value is -2.83. The van der Waals surface area contributed by atoms with Crippen molar-refractivity contribution in [2.75, 3.05) is 19.6 Å². The molecule has 4 nitrogen and oxygen atoms in total. The van der Waals surface area contributed by atoms with E-state index in [-0.39, 0.29) is 24.9 Å². The highest BCUT2D eigenvalue weighted by atomic mass is 19.4. The summed E-state index contributed by atoms with van der Waals surface area (Å²) in [6.07, 6.45) is -3.66. The number of amides is 2. The van der Waals surface area contributed by atoms with Gasteiger partial charge in [-0.1, -0.05) is 50.2 Å². The molecule has 3 rings (SSSR count). The fourth-order valence-electron chi connectivity index (χ4n) is 3.90. The number of hydrogen-bond acceptors (Lipinski definition) is 2. The first-order chi connectivity index (χ1) is 14.7. The van der Waals surface area contributed by atoms with Crippen LogP contribution in [0, 0.1) is 11.8 Å². The molecule has 31 heavy (non-hydrogen) atoms. The summed E-state index contributed by atoms with van der Waals surface area (Å²) in [5.41, 5.74) is 0.158. The second kappa shape index (κ2) is 9.54. The molecule has 166 valence electrons. The minimum absolute atomic E-state index is 0.169. The maximum Gasteiger partial charge on any atom is 0.416 e. The normalized spacial score (nSPS) is 19.0. The molecule has 2 aromatic rings. The molecule has 2 aromatic carbocycles. The van der Waals surface area contributed by atoms with Gasteiger partial charge in [-0.05, 0) is 36.1 Å². The molecule has 2 amide bonds. The van der Waals surface area contributed by atoms with Gasteiger partial charge in [-0.2, -0.15) is 13.2 Å². The molecular weight excluding hydrogens is 405 g/mol. The summed E-state index contributed by atoms with van der Waals surface area (Å²) in [4.78, 5) is 27.4. The fourth-order valence-corrected chi connectivity index (χ4v) is 3.90. The SMILES string of the molecule is CC(C)CCNC(=O)[C@H]1CN(C(=O)c2ccccc2)C[C@H]1c1cccc(C(F)(F)F)c1. The molecule has 1 fully saturated rings. The summed E-state index contributed by atoms with van der Waals surface area (Å²) in [7, 11) is 0. The largest absolute Gasteiger partial charge is 0.416 e. The Morgan fingerprint density at radius 3 is 2.42 bits per heavy atom. The Balaban J connectivity index is 1.86. The number of halogens is 3. The molecule has 0 radical (unpaired) electrons. The van der Waals surface area contributed by atoms with Crippen LogP contribution in [0.1, 0.15) is 47.7 Å². The van der Waals surface area contributed by atoms with Crippen molar-refractivity contribution in [3.05, 3.63) is 71.3 Å². The van der Waals surface area contributed by atoms with Crippen LogP contribution in [0.3, 0.4) is 0 Å². The van der Waals surface area contributed by atoms with Gasteiger partial charge in [0.15, 0.2) is 0 Å². The number of nitrogens with zero attached hydrogens (tertiary/aromatic N) is 1. The highest BCUT2D eigenvalue weighted by molar-refractivity contribution is 5.95. The zero-order chi connectivity index (χ0) is 22.6. The third-order valence-corrected chi connectivity index (χ3v) is 5.63. The van der Waals surface area contributed by atoms with E-state index in [9.17, 15) is 22.8 Å². The minimum atomic E-state index is -4.47. The highest BCUT2D eigenvalue weighted by Gasteiger charge is 2.41. The number of carbonyl (C=O) groups is 2. The second-order valence-electron chi connectivity index (χ2n) is 8.39. The van der Waals surface area contributed by atoms with Crippen LogP contribution in [0.5, 0.6) is 0 Å². The number of hydrogen-bond donors (Lipinski definition) is 1. The Morgan fingerprint density at radius 2 is 1.77 bits per heavy atom. The molecule has 2 atom stereocenters. The highest BCUT2D eigenvalue weighted by Crippen LogP contribution is 2.37. The van der Waals surface area contributed by atoms with Gasteiger partial charge in [0.25, 0.3) is 5.91 Å². The average Bonchev–Trinajstić information content (AvgIpc) is 3.18. The molecule has 0 aromatic heterocycles. The van der Waals surface area contributed by atoms with Gasteiger partial charge >= 0.3 is 6.18 Å². The summed E-state index contributed by atoms with van der Waals surface area (Å²) < 4.78 is 39.7. The fraction of sp³-hybridized carbons (Fsp3) is 0.417. The molecule has 0 spiro atoms. The van der Waals surface area contributed by atoms with E-state index < -0.39 is 23.6 Å². The van der Waals surface area contributed by atoms with Crippen molar-refractivity contribution in [2.45, 2.75) is 32.4 Å². The van der Waals surface area contributed by atoms with E-state index in [1.54, 1.807) is 41.3 Å². The minimum Gasteiger partial charge on any atom is -0.356 e. The van der Waals surface area contributed by atoms with E-state index in [0.717, 1.165) is 18.6 Å². The van der Waals surface area contributed by atoms with E-state index in [1.807, 2.05) is 13.8 Å². The average molecular weight is 432 g/mol. The first-order valence-electron chi connectivity index (χ1n) is 10.5. The van der Waals surface area contributed by atoms with Crippen LogP contribution < -0.4 is 5.32 Å². The van der Waals surface area contributed by atoms with Gasteiger partial charge in [0, 0.05) is 31.1 Å².